The Kier molecular flexibility index (Phi) is 4.47. The maximum atomic E-state index is 11.3. The van der Waals surface area contributed by atoms with E-state index in [0.717, 1.165) is 5.56 Å². The van der Waals surface area contributed by atoms with Crippen LogP contribution in [-0.2, 0) is 4.74 Å². The van der Waals surface area contributed by atoms with Gasteiger partial charge >= 0.3 is 11.8 Å². The number of benzene rings is 1. The Morgan fingerprint density at radius 1 is 1.36 bits per heavy atom. The first kappa shape index (κ1) is 15.2. The molecule has 0 bridgehead atoms. The minimum Gasteiger partial charge on any atom is -0.465 e. The number of imidazole rings is 1. The van der Waals surface area contributed by atoms with E-state index in [4.69, 9.17) is 0 Å². The van der Waals surface area contributed by atoms with Crippen molar-refractivity contribution >= 4 is 30.1 Å². The van der Waals surface area contributed by atoms with Crippen molar-refractivity contribution < 1.29 is 14.5 Å². The molecule has 2 aromatic rings. The number of ether oxygens (including phenoxy) is 1. The fourth-order valence-corrected chi connectivity index (χ4v) is 1.83. The zero-order chi connectivity index (χ0) is 16.1. The molecule has 0 spiro atoms. The first-order valence-corrected chi connectivity index (χ1v) is 6.27. The molecule has 0 N–H and O–H groups in total. The summed E-state index contributed by atoms with van der Waals surface area (Å²) < 4.78 is 5.89. The summed E-state index contributed by atoms with van der Waals surface area (Å²) in [5, 5.41) is 10.8. The van der Waals surface area contributed by atoms with Crippen LogP contribution in [0.3, 0.4) is 0 Å². The first-order chi connectivity index (χ1) is 10.6. The number of rotatable bonds is 5. The molecule has 0 unspecified atom stereocenters. The van der Waals surface area contributed by atoms with Gasteiger partial charge in [0.25, 0.3) is 0 Å². The minimum absolute atomic E-state index is 0.157. The summed E-state index contributed by atoms with van der Waals surface area (Å²) in [6.45, 7) is 3.54. The normalized spacial score (nSPS) is 10.6. The Morgan fingerprint density at radius 2 is 2.05 bits per heavy atom. The standard InChI is InChI=1S/C15H13N3O4/c1-3-17-13(16-10-14(17)18(20)21)9-6-11-4-7-12(8-5-11)15(19)22-2/h3-10H,1H2,2H3/b9-6+. The van der Waals surface area contributed by atoms with Crippen LogP contribution < -0.4 is 0 Å². The molecule has 0 aliphatic rings. The number of esters is 1. The lowest BCUT2D eigenvalue weighted by atomic mass is 10.1. The van der Waals surface area contributed by atoms with Crippen LogP contribution in [0.4, 0.5) is 5.82 Å². The summed E-state index contributed by atoms with van der Waals surface area (Å²) in [6, 6.07) is 6.73. The molecule has 1 aromatic heterocycles. The van der Waals surface area contributed by atoms with Gasteiger partial charge in [-0.3, -0.25) is 0 Å². The highest BCUT2D eigenvalue weighted by Gasteiger charge is 2.15. The van der Waals surface area contributed by atoms with Crippen LogP contribution >= 0.6 is 0 Å². The van der Waals surface area contributed by atoms with E-state index in [2.05, 4.69) is 16.3 Å². The van der Waals surface area contributed by atoms with Crippen LogP contribution in [0, 0.1) is 10.1 Å². The number of hydrogen-bond donors (Lipinski definition) is 0. The third kappa shape index (κ3) is 3.09. The highest BCUT2D eigenvalue weighted by Crippen LogP contribution is 2.17. The van der Waals surface area contributed by atoms with E-state index in [0.29, 0.717) is 11.4 Å². The smallest absolute Gasteiger partial charge is 0.347 e. The predicted octanol–water partition coefficient (Wildman–Crippen LogP) is 2.85. The summed E-state index contributed by atoms with van der Waals surface area (Å²) in [7, 11) is 1.32. The Labute approximate surface area is 126 Å². The van der Waals surface area contributed by atoms with Crippen LogP contribution in [0.15, 0.2) is 37.0 Å². The van der Waals surface area contributed by atoms with Gasteiger partial charge in [-0.05, 0) is 28.7 Å². The van der Waals surface area contributed by atoms with Crippen molar-refractivity contribution in [1.29, 1.82) is 0 Å². The molecule has 7 nitrogen and oxygen atoms in total. The molecule has 0 amide bonds. The van der Waals surface area contributed by atoms with E-state index in [1.807, 2.05) is 0 Å². The summed E-state index contributed by atoms with van der Waals surface area (Å²) in [5.41, 5.74) is 1.26. The molecule has 0 saturated carbocycles. The van der Waals surface area contributed by atoms with Crippen LogP contribution in [0.25, 0.3) is 18.4 Å². The van der Waals surface area contributed by atoms with E-state index < -0.39 is 10.9 Å². The van der Waals surface area contributed by atoms with Crippen LogP contribution in [0.2, 0.25) is 0 Å². The average molecular weight is 299 g/mol. The van der Waals surface area contributed by atoms with Crippen molar-refractivity contribution in [3.8, 4) is 0 Å². The highest BCUT2D eigenvalue weighted by molar-refractivity contribution is 5.89. The maximum absolute atomic E-state index is 11.3. The quantitative estimate of drug-likeness (QED) is 0.481. The summed E-state index contributed by atoms with van der Waals surface area (Å²) >= 11 is 0. The molecule has 7 heteroatoms. The fourth-order valence-electron chi connectivity index (χ4n) is 1.83. The van der Waals surface area contributed by atoms with Crippen molar-refractivity contribution in [3.05, 3.63) is 64.1 Å². The summed E-state index contributed by atoms with van der Waals surface area (Å²) in [4.78, 5) is 25.6. The minimum atomic E-state index is -0.531. The lowest BCUT2D eigenvalue weighted by Crippen LogP contribution is -2.00. The van der Waals surface area contributed by atoms with E-state index in [1.165, 1.54) is 24.1 Å². The molecular weight excluding hydrogens is 286 g/mol. The second-order valence-electron chi connectivity index (χ2n) is 4.23. The van der Waals surface area contributed by atoms with Crippen molar-refractivity contribution in [3.63, 3.8) is 0 Å². The predicted molar refractivity (Wildman–Crippen MR) is 82.0 cm³/mol. The van der Waals surface area contributed by atoms with Crippen molar-refractivity contribution in [1.82, 2.24) is 9.55 Å². The number of carbonyl (C=O) groups excluding carboxylic acids is 1. The molecule has 0 atom stereocenters. The van der Waals surface area contributed by atoms with Crippen molar-refractivity contribution in [2.24, 2.45) is 0 Å². The van der Waals surface area contributed by atoms with Gasteiger partial charge in [0.05, 0.1) is 18.9 Å². The monoisotopic (exact) mass is 299 g/mol. The highest BCUT2D eigenvalue weighted by atomic mass is 16.6. The number of nitro groups is 1. The van der Waals surface area contributed by atoms with E-state index in [1.54, 1.807) is 36.4 Å². The van der Waals surface area contributed by atoms with Crippen molar-refractivity contribution in [2.75, 3.05) is 7.11 Å². The summed E-state index contributed by atoms with van der Waals surface area (Å²) in [6.07, 6.45) is 5.85. The van der Waals surface area contributed by atoms with E-state index in [9.17, 15) is 14.9 Å². The van der Waals surface area contributed by atoms with Crippen LogP contribution in [0.5, 0.6) is 0 Å². The average Bonchev–Trinajstić information content (AvgIpc) is 2.95. The summed E-state index contributed by atoms with van der Waals surface area (Å²) in [5.74, 6) is -0.178. The zero-order valence-corrected chi connectivity index (χ0v) is 11.8. The van der Waals surface area contributed by atoms with Gasteiger partial charge in [-0.25, -0.2) is 9.78 Å². The van der Waals surface area contributed by atoms with Gasteiger partial charge in [0.15, 0.2) is 0 Å². The van der Waals surface area contributed by atoms with Crippen LogP contribution in [0.1, 0.15) is 21.7 Å². The number of methoxy groups -OCH3 is 1. The first-order valence-electron chi connectivity index (χ1n) is 6.27. The van der Waals surface area contributed by atoms with E-state index in [-0.39, 0.29) is 5.82 Å². The number of nitrogens with zero attached hydrogens (tertiary/aromatic N) is 3. The van der Waals surface area contributed by atoms with Gasteiger partial charge in [0.2, 0.25) is 5.82 Å². The van der Waals surface area contributed by atoms with Gasteiger partial charge in [-0.15, -0.1) is 0 Å². The second-order valence-corrected chi connectivity index (χ2v) is 4.23. The largest absolute Gasteiger partial charge is 0.465 e. The maximum Gasteiger partial charge on any atom is 0.347 e. The molecule has 22 heavy (non-hydrogen) atoms. The van der Waals surface area contributed by atoms with Crippen molar-refractivity contribution in [2.45, 2.75) is 0 Å². The number of aromatic nitrogens is 2. The van der Waals surface area contributed by atoms with Gasteiger partial charge in [0, 0.05) is 6.08 Å². The zero-order valence-electron chi connectivity index (χ0n) is 11.8. The Hall–Kier alpha value is -3.22. The molecular formula is C15H13N3O4. The lowest BCUT2D eigenvalue weighted by molar-refractivity contribution is -0.390. The van der Waals surface area contributed by atoms with E-state index >= 15 is 0 Å². The Bertz CT molecular complexity index is 745. The number of hydrogen-bond acceptors (Lipinski definition) is 5. The molecule has 112 valence electrons. The van der Waals surface area contributed by atoms with Gasteiger partial charge in [-0.1, -0.05) is 18.7 Å². The third-order valence-corrected chi connectivity index (χ3v) is 2.93. The second kappa shape index (κ2) is 6.49. The SMILES string of the molecule is C=Cn1c([N+](=O)[O-])cnc1/C=C/c1ccc(C(=O)OC)cc1. The molecule has 0 fully saturated rings. The lowest BCUT2D eigenvalue weighted by Gasteiger charge is -1.99. The topological polar surface area (TPSA) is 87.3 Å². The molecule has 0 aliphatic heterocycles. The number of carbonyl (C=O) groups is 1. The molecule has 0 saturated heterocycles. The molecule has 0 radical (unpaired) electrons. The van der Waals surface area contributed by atoms with Gasteiger partial charge < -0.3 is 14.9 Å². The fraction of sp³-hybridized carbons (Fsp3) is 0.0667. The molecule has 1 aromatic carbocycles. The third-order valence-electron chi connectivity index (χ3n) is 2.93. The molecule has 0 aliphatic carbocycles. The van der Waals surface area contributed by atoms with Gasteiger partial charge in [0.1, 0.15) is 6.20 Å². The Morgan fingerprint density at radius 3 is 2.59 bits per heavy atom. The molecule has 2 rings (SSSR count). The molecule has 1 heterocycles. The van der Waals surface area contributed by atoms with Gasteiger partial charge in [-0.2, -0.15) is 4.57 Å². The van der Waals surface area contributed by atoms with Crippen LogP contribution in [-0.4, -0.2) is 27.6 Å². The Balaban J connectivity index is 2.24.